The van der Waals surface area contributed by atoms with Gasteiger partial charge in [0.15, 0.2) is 5.58 Å². The van der Waals surface area contributed by atoms with E-state index < -0.39 is 5.97 Å². The van der Waals surface area contributed by atoms with Crippen LogP contribution < -0.4 is 5.32 Å². The number of aromatic nitrogens is 3. The van der Waals surface area contributed by atoms with Gasteiger partial charge in [-0.2, -0.15) is 5.10 Å². The molecule has 0 spiro atoms. The number of methoxy groups -OCH3 is 1. The average Bonchev–Trinajstić information content (AvgIpc) is 3.33. The fraction of sp³-hybridized carbons (Fsp3) is 0.100. The van der Waals surface area contributed by atoms with E-state index in [1.54, 1.807) is 61.8 Å². The molecule has 0 aliphatic carbocycles. The molecule has 0 fully saturated rings. The minimum Gasteiger partial charge on any atom is -0.465 e. The Morgan fingerprint density at radius 1 is 1.11 bits per heavy atom. The summed E-state index contributed by atoms with van der Waals surface area (Å²) in [6, 6.07) is 13.8. The number of carbonyl (C=O) groups excluding carboxylic acids is 2. The van der Waals surface area contributed by atoms with Crippen LogP contribution in [-0.4, -0.2) is 33.8 Å². The summed E-state index contributed by atoms with van der Waals surface area (Å²) in [5.41, 5.74) is 3.05. The van der Waals surface area contributed by atoms with Gasteiger partial charge in [0.1, 0.15) is 16.8 Å². The summed E-state index contributed by atoms with van der Waals surface area (Å²) in [7, 11) is 3.02. The van der Waals surface area contributed by atoms with Gasteiger partial charge >= 0.3 is 5.97 Å². The number of benzene rings is 2. The number of oxazole rings is 1. The molecule has 1 amide bonds. The number of aryl methyl sites for hydroxylation is 1. The second-order valence-corrected chi connectivity index (χ2v) is 6.04. The smallest absolute Gasteiger partial charge is 0.341 e. The van der Waals surface area contributed by atoms with Gasteiger partial charge in [-0.1, -0.05) is 6.07 Å². The van der Waals surface area contributed by atoms with E-state index >= 15 is 0 Å². The predicted molar refractivity (Wildman–Crippen MR) is 102 cm³/mol. The number of para-hydroxylation sites is 1. The molecule has 2 aromatic heterocycles. The first kappa shape index (κ1) is 17.5. The Labute approximate surface area is 159 Å². The molecule has 0 aliphatic rings. The molecule has 2 aromatic carbocycles. The monoisotopic (exact) mass is 376 g/mol. The highest BCUT2D eigenvalue weighted by Gasteiger charge is 2.17. The van der Waals surface area contributed by atoms with Gasteiger partial charge in [-0.15, -0.1) is 0 Å². The summed E-state index contributed by atoms with van der Waals surface area (Å²) in [5, 5.41) is 6.79. The van der Waals surface area contributed by atoms with Crippen LogP contribution in [0.1, 0.15) is 20.8 Å². The van der Waals surface area contributed by atoms with Gasteiger partial charge in [0.25, 0.3) is 5.91 Å². The zero-order chi connectivity index (χ0) is 19.7. The minimum atomic E-state index is -0.485. The fourth-order valence-corrected chi connectivity index (χ4v) is 2.83. The largest absolute Gasteiger partial charge is 0.465 e. The highest BCUT2D eigenvalue weighted by molar-refractivity contribution is 6.03. The number of esters is 1. The minimum absolute atomic E-state index is 0.252. The van der Waals surface area contributed by atoms with Gasteiger partial charge in [-0.05, 0) is 42.5 Å². The molecular formula is C20H16N4O4. The first-order chi connectivity index (χ1) is 13.6. The number of nitrogens with zero attached hydrogens (tertiary/aromatic N) is 3. The molecule has 0 saturated carbocycles. The number of hydrogen-bond donors (Lipinski definition) is 1. The number of anilines is 1. The normalized spacial score (nSPS) is 10.8. The summed E-state index contributed by atoms with van der Waals surface area (Å²) in [6.45, 7) is 0. The van der Waals surface area contributed by atoms with Crippen LogP contribution in [0.2, 0.25) is 0 Å². The zero-order valence-electron chi connectivity index (χ0n) is 15.2. The number of hydrogen-bond acceptors (Lipinski definition) is 6. The Hall–Kier alpha value is -3.94. The summed E-state index contributed by atoms with van der Waals surface area (Å²) >= 11 is 0. The van der Waals surface area contributed by atoms with Crippen LogP contribution in [0.5, 0.6) is 0 Å². The van der Waals surface area contributed by atoms with Gasteiger partial charge in [0.05, 0.1) is 7.11 Å². The van der Waals surface area contributed by atoms with Crippen molar-refractivity contribution in [3.8, 4) is 11.5 Å². The van der Waals surface area contributed by atoms with E-state index in [-0.39, 0.29) is 5.91 Å². The predicted octanol–water partition coefficient (Wildman–Crippen LogP) is 3.27. The molecule has 0 atom stereocenters. The van der Waals surface area contributed by atoms with Crippen LogP contribution in [0.3, 0.4) is 0 Å². The Kier molecular flexibility index (Phi) is 4.36. The van der Waals surface area contributed by atoms with E-state index in [0.717, 1.165) is 0 Å². The molecule has 1 N–H and O–H groups in total. The maximum absolute atomic E-state index is 12.3. The Balaban J connectivity index is 1.60. The van der Waals surface area contributed by atoms with Gasteiger partial charge in [-0.3, -0.25) is 9.48 Å². The number of amides is 1. The third-order valence-electron chi connectivity index (χ3n) is 4.26. The molecule has 2 heterocycles. The lowest BCUT2D eigenvalue weighted by atomic mass is 10.2. The molecule has 0 radical (unpaired) electrons. The zero-order valence-corrected chi connectivity index (χ0v) is 15.2. The van der Waals surface area contributed by atoms with E-state index in [1.165, 1.54) is 11.8 Å². The molecular weight excluding hydrogens is 360 g/mol. The van der Waals surface area contributed by atoms with Crippen molar-refractivity contribution in [3.63, 3.8) is 0 Å². The Bertz CT molecular complexity index is 1170. The van der Waals surface area contributed by atoms with Crippen molar-refractivity contribution in [2.45, 2.75) is 0 Å². The van der Waals surface area contributed by atoms with E-state index in [2.05, 4.69) is 15.4 Å². The Morgan fingerprint density at radius 2 is 1.89 bits per heavy atom. The van der Waals surface area contributed by atoms with Crippen molar-refractivity contribution in [1.29, 1.82) is 0 Å². The van der Waals surface area contributed by atoms with Crippen molar-refractivity contribution in [3.05, 3.63) is 66.0 Å². The third-order valence-corrected chi connectivity index (χ3v) is 4.26. The highest BCUT2D eigenvalue weighted by Crippen LogP contribution is 2.28. The Morgan fingerprint density at radius 3 is 2.57 bits per heavy atom. The van der Waals surface area contributed by atoms with Crippen LogP contribution >= 0.6 is 0 Å². The molecule has 28 heavy (non-hydrogen) atoms. The number of carbonyl (C=O) groups is 2. The van der Waals surface area contributed by atoms with Crippen molar-refractivity contribution >= 4 is 28.7 Å². The van der Waals surface area contributed by atoms with E-state index in [9.17, 15) is 9.59 Å². The SMILES string of the molecule is COC(=O)c1cccc2nc(-c3ccc(NC(=O)c4ccnn4C)cc3)oc12. The van der Waals surface area contributed by atoms with Gasteiger partial charge in [-0.25, -0.2) is 9.78 Å². The van der Waals surface area contributed by atoms with E-state index in [1.807, 2.05) is 0 Å². The van der Waals surface area contributed by atoms with Crippen molar-refractivity contribution < 1.29 is 18.7 Å². The van der Waals surface area contributed by atoms with Crippen LogP contribution in [0, 0.1) is 0 Å². The first-order valence-corrected chi connectivity index (χ1v) is 8.44. The van der Waals surface area contributed by atoms with Crippen molar-refractivity contribution in [2.75, 3.05) is 12.4 Å². The topological polar surface area (TPSA) is 99.2 Å². The average molecular weight is 376 g/mol. The van der Waals surface area contributed by atoms with Crippen LogP contribution in [0.4, 0.5) is 5.69 Å². The van der Waals surface area contributed by atoms with Gasteiger partial charge in [0, 0.05) is 24.5 Å². The highest BCUT2D eigenvalue weighted by atomic mass is 16.5. The second kappa shape index (κ2) is 6.99. The number of ether oxygens (including phenoxy) is 1. The molecule has 0 saturated heterocycles. The maximum atomic E-state index is 12.3. The van der Waals surface area contributed by atoms with Gasteiger partial charge < -0.3 is 14.5 Å². The second-order valence-electron chi connectivity index (χ2n) is 6.04. The molecule has 0 aliphatic heterocycles. The third kappa shape index (κ3) is 3.11. The summed E-state index contributed by atoms with van der Waals surface area (Å²) in [4.78, 5) is 28.6. The van der Waals surface area contributed by atoms with Gasteiger partial charge in [0.2, 0.25) is 5.89 Å². The van der Waals surface area contributed by atoms with Crippen molar-refractivity contribution in [1.82, 2.24) is 14.8 Å². The van der Waals surface area contributed by atoms with Crippen LogP contribution in [0.15, 0.2) is 59.1 Å². The lowest BCUT2D eigenvalue weighted by molar-refractivity contribution is 0.0601. The molecule has 8 nitrogen and oxygen atoms in total. The molecule has 4 aromatic rings. The fourth-order valence-electron chi connectivity index (χ4n) is 2.83. The van der Waals surface area contributed by atoms with Crippen LogP contribution in [-0.2, 0) is 11.8 Å². The van der Waals surface area contributed by atoms with Crippen LogP contribution in [0.25, 0.3) is 22.6 Å². The van der Waals surface area contributed by atoms with E-state index in [4.69, 9.17) is 9.15 Å². The van der Waals surface area contributed by atoms with Crippen molar-refractivity contribution in [2.24, 2.45) is 7.05 Å². The summed E-state index contributed by atoms with van der Waals surface area (Å²) in [5.74, 6) is -0.366. The molecule has 140 valence electrons. The number of fused-ring (bicyclic) bond motifs is 1. The molecule has 4 rings (SSSR count). The lowest BCUT2D eigenvalue weighted by Crippen LogP contribution is -2.15. The van der Waals surface area contributed by atoms with E-state index in [0.29, 0.717) is 39.5 Å². The molecule has 0 bridgehead atoms. The number of rotatable bonds is 4. The molecule has 8 heteroatoms. The lowest BCUT2D eigenvalue weighted by Gasteiger charge is -2.05. The molecule has 0 unspecified atom stereocenters. The number of nitrogens with one attached hydrogen (secondary N) is 1. The summed E-state index contributed by atoms with van der Waals surface area (Å²) < 4.78 is 12.1. The quantitative estimate of drug-likeness (QED) is 0.549. The first-order valence-electron chi connectivity index (χ1n) is 8.44. The summed E-state index contributed by atoms with van der Waals surface area (Å²) in [6.07, 6.45) is 1.56. The standard InChI is InChI=1S/C20H16N4O4/c1-24-16(10-11-21-24)18(25)22-13-8-6-12(7-9-13)19-23-15-5-3-4-14(17(15)28-19)20(26)27-2/h3-11H,1-2H3,(H,22,25). The maximum Gasteiger partial charge on any atom is 0.341 e.